The molecule has 0 saturated carbocycles. The average molecular weight is 258 g/mol. The summed E-state index contributed by atoms with van der Waals surface area (Å²) in [5.74, 6) is 0.498. The van der Waals surface area contributed by atoms with E-state index in [0.29, 0.717) is 22.6 Å². The van der Waals surface area contributed by atoms with E-state index in [0.717, 1.165) is 5.75 Å². The fourth-order valence-electron chi connectivity index (χ4n) is 1.57. The Balaban J connectivity index is 2.04. The molecule has 0 fully saturated rings. The van der Waals surface area contributed by atoms with E-state index < -0.39 is 0 Å². The van der Waals surface area contributed by atoms with Crippen molar-refractivity contribution < 1.29 is 14.3 Å². The topological polar surface area (TPSA) is 65.3 Å². The number of aromatic nitrogens is 1. The lowest BCUT2D eigenvalue weighted by Gasteiger charge is -2.07. The van der Waals surface area contributed by atoms with Gasteiger partial charge in [0, 0.05) is 17.8 Å². The molecule has 1 heterocycles. The van der Waals surface area contributed by atoms with E-state index in [2.05, 4.69) is 5.32 Å². The molecule has 0 bridgehead atoms. The van der Waals surface area contributed by atoms with Crippen molar-refractivity contribution in [3.8, 4) is 5.75 Å². The number of amides is 1. The lowest BCUT2D eigenvalue weighted by Crippen LogP contribution is -2.25. The summed E-state index contributed by atoms with van der Waals surface area (Å²) in [6.07, 6.45) is 2.57. The zero-order valence-electron chi connectivity index (χ0n) is 10.5. The van der Waals surface area contributed by atoms with Gasteiger partial charge in [-0.05, 0) is 31.2 Å². The molecule has 0 saturated heterocycles. The molecule has 0 spiro atoms. The second-order valence-electron chi connectivity index (χ2n) is 3.86. The third-order valence-electron chi connectivity index (χ3n) is 2.49. The van der Waals surface area contributed by atoms with E-state index in [1.54, 1.807) is 24.3 Å². The van der Waals surface area contributed by atoms with Gasteiger partial charge in [0.1, 0.15) is 5.75 Å². The predicted octanol–water partition coefficient (Wildman–Crippen LogP) is 1.97. The number of rotatable bonds is 4. The molecule has 98 valence electrons. The molecule has 0 radical (unpaired) electrons. The fourth-order valence-corrected chi connectivity index (χ4v) is 1.57. The number of nitrogens with zero attached hydrogens (tertiary/aromatic N) is 1. The summed E-state index contributed by atoms with van der Waals surface area (Å²) in [6, 6.07) is 10.0. The zero-order valence-corrected chi connectivity index (χ0v) is 10.5. The maximum absolute atomic E-state index is 11.9. The molecule has 1 N–H and O–H groups in total. The van der Waals surface area contributed by atoms with Crippen LogP contribution in [-0.4, -0.2) is 12.5 Å². The molecule has 1 aromatic carbocycles. The second-order valence-corrected chi connectivity index (χ2v) is 3.86. The van der Waals surface area contributed by atoms with E-state index in [1.165, 1.54) is 24.5 Å². The number of pyridine rings is 1. The lowest BCUT2D eigenvalue weighted by atomic mass is 10.2. The van der Waals surface area contributed by atoms with Crippen molar-refractivity contribution in [3.05, 3.63) is 59.6 Å². The minimum absolute atomic E-state index is 0.259. The van der Waals surface area contributed by atoms with Crippen LogP contribution in [0, 0.1) is 5.21 Å². The molecule has 0 atom stereocenters. The van der Waals surface area contributed by atoms with Crippen LogP contribution in [0.4, 0.5) is 5.69 Å². The van der Waals surface area contributed by atoms with Crippen molar-refractivity contribution >= 4 is 11.6 Å². The van der Waals surface area contributed by atoms with Crippen LogP contribution < -0.4 is 14.8 Å². The lowest BCUT2D eigenvalue weighted by molar-refractivity contribution is -0.605. The quantitative estimate of drug-likeness (QED) is 0.673. The number of carbonyl (C=O) groups excluding carboxylic acids is 1. The highest BCUT2D eigenvalue weighted by Crippen LogP contribution is 2.16. The number of hydrogen-bond acceptors (Lipinski definition) is 3. The molecule has 1 amide bonds. The molecule has 0 aliphatic rings. The van der Waals surface area contributed by atoms with Gasteiger partial charge in [-0.25, -0.2) is 0 Å². The molecule has 0 aliphatic heterocycles. The first-order chi connectivity index (χ1) is 9.19. The van der Waals surface area contributed by atoms with Crippen LogP contribution in [0.25, 0.3) is 0 Å². The van der Waals surface area contributed by atoms with Crippen LogP contribution in [0.2, 0.25) is 0 Å². The van der Waals surface area contributed by atoms with Crippen molar-refractivity contribution in [2.75, 3.05) is 11.9 Å². The van der Waals surface area contributed by atoms with Crippen LogP contribution in [0.1, 0.15) is 17.3 Å². The normalized spacial score (nSPS) is 9.95. The van der Waals surface area contributed by atoms with E-state index in [9.17, 15) is 10.0 Å². The van der Waals surface area contributed by atoms with Crippen LogP contribution >= 0.6 is 0 Å². The Bertz CT molecular complexity index is 550. The first-order valence-corrected chi connectivity index (χ1v) is 5.92. The summed E-state index contributed by atoms with van der Waals surface area (Å²) in [7, 11) is 0. The third-order valence-corrected chi connectivity index (χ3v) is 2.49. The molecule has 5 heteroatoms. The zero-order chi connectivity index (χ0) is 13.7. The third kappa shape index (κ3) is 3.45. The highest BCUT2D eigenvalue weighted by molar-refractivity contribution is 6.04. The number of nitrogens with one attached hydrogen (secondary N) is 1. The van der Waals surface area contributed by atoms with Gasteiger partial charge in [-0.15, -0.1) is 0 Å². The van der Waals surface area contributed by atoms with Crippen molar-refractivity contribution in [3.63, 3.8) is 0 Å². The Hall–Kier alpha value is -2.56. The highest BCUT2D eigenvalue weighted by atomic mass is 16.5. The van der Waals surface area contributed by atoms with Crippen molar-refractivity contribution in [1.82, 2.24) is 0 Å². The SMILES string of the molecule is CCOc1ccc(NC(=O)c2cc[n+]([O-])cc2)cc1. The van der Waals surface area contributed by atoms with Gasteiger partial charge in [0.2, 0.25) is 0 Å². The minimum atomic E-state index is -0.259. The number of benzene rings is 1. The number of hydrogen-bond donors (Lipinski definition) is 1. The van der Waals surface area contributed by atoms with Gasteiger partial charge in [-0.2, -0.15) is 4.73 Å². The average Bonchev–Trinajstić information content (AvgIpc) is 2.42. The van der Waals surface area contributed by atoms with E-state index >= 15 is 0 Å². The Kier molecular flexibility index (Phi) is 3.97. The Morgan fingerprint density at radius 3 is 2.42 bits per heavy atom. The van der Waals surface area contributed by atoms with Crippen LogP contribution in [0.15, 0.2) is 48.8 Å². The van der Waals surface area contributed by atoms with Crippen molar-refractivity contribution in [2.24, 2.45) is 0 Å². The molecule has 2 rings (SSSR count). The van der Waals surface area contributed by atoms with Crippen molar-refractivity contribution in [1.29, 1.82) is 0 Å². The molecule has 0 aliphatic carbocycles. The van der Waals surface area contributed by atoms with Gasteiger partial charge >= 0.3 is 0 Å². The molecule has 1 aromatic heterocycles. The Morgan fingerprint density at radius 1 is 1.21 bits per heavy atom. The maximum atomic E-state index is 11.9. The van der Waals surface area contributed by atoms with Gasteiger partial charge in [-0.3, -0.25) is 4.79 Å². The van der Waals surface area contributed by atoms with E-state index in [-0.39, 0.29) is 5.91 Å². The number of carbonyl (C=O) groups is 1. The number of ether oxygens (including phenoxy) is 1. The van der Waals surface area contributed by atoms with E-state index in [1.807, 2.05) is 6.92 Å². The van der Waals surface area contributed by atoms with Crippen LogP contribution in [-0.2, 0) is 0 Å². The van der Waals surface area contributed by atoms with Gasteiger partial charge < -0.3 is 15.3 Å². The monoisotopic (exact) mass is 258 g/mol. The fraction of sp³-hybridized carbons (Fsp3) is 0.143. The summed E-state index contributed by atoms with van der Waals surface area (Å²) in [5, 5.41) is 13.6. The number of anilines is 1. The highest BCUT2D eigenvalue weighted by Gasteiger charge is 2.07. The summed E-state index contributed by atoms with van der Waals surface area (Å²) < 4.78 is 5.95. The molecule has 19 heavy (non-hydrogen) atoms. The minimum Gasteiger partial charge on any atom is -0.619 e. The Labute approximate surface area is 111 Å². The van der Waals surface area contributed by atoms with Gasteiger partial charge in [0.15, 0.2) is 12.4 Å². The van der Waals surface area contributed by atoms with E-state index in [4.69, 9.17) is 4.74 Å². The molecular weight excluding hydrogens is 244 g/mol. The first-order valence-electron chi connectivity index (χ1n) is 5.92. The largest absolute Gasteiger partial charge is 0.619 e. The van der Waals surface area contributed by atoms with Gasteiger partial charge in [0.25, 0.3) is 5.91 Å². The van der Waals surface area contributed by atoms with Crippen LogP contribution in [0.3, 0.4) is 0 Å². The molecular formula is C14H14N2O3. The second kappa shape index (κ2) is 5.86. The smallest absolute Gasteiger partial charge is 0.256 e. The summed E-state index contributed by atoms with van der Waals surface area (Å²) >= 11 is 0. The molecule has 5 nitrogen and oxygen atoms in total. The summed E-state index contributed by atoms with van der Waals surface area (Å²) in [6.45, 7) is 2.51. The Morgan fingerprint density at radius 2 is 1.84 bits per heavy atom. The molecule has 2 aromatic rings. The first kappa shape index (κ1) is 12.9. The van der Waals surface area contributed by atoms with Crippen molar-refractivity contribution in [2.45, 2.75) is 6.92 Å². The maximum Gasteiger partial charge on any atom is 0.256 e. The van der Waals surface area contributed by atoms with Gasteiger partial charge in [0.05, 0.1) is 12.2 Å². The molecule has 0 unspecified atom stereocenters. The summed E-state index contributed by atoms with van der Waals surface area (Å²) in [4.78, 5) is 11.9. The van der Waals surface area contributed by atoms with Gasteiger partial charge in [-0.1, -0.05) is 0 Å². The standard InChI is InChI=1S/C14H14N2O3/c1-2-19-13-5-3-12(4-6-13)15-14(17)11-7-9-16(18)10-8-11/h3-10H,2H2,1H3,(H,15,17). The predicted molar refractivity (Wildman–Crippen MR) is 71.0 cm³/mol. The summed E-state index contributed by atoms with van der Waals surface area (Å²) in [5.41, 5.74) is 1.10. The van der Waals surface area contributed by atoms with Crippen LogP contribution in [0.5, 0.6) is 5.75 Å².